The van der Waals surface area contributed by atoms with E-state index in [1.165, 1.54) is 0 Å². The molecule has 5 heteroatoms. The third kappa shape index (κ3) is 2.61. The van der Waals surface area contributed by atoms with Crippen LogP contribution in [0.1, 0.15) is 40.0 Å². The highest BCUT2D eigenvalue weighted by Gasteiger charge is 2.43. The van der Waals surface area contributed by atoms with Crippen molar-refractivity contribution in [3.63, 3.8) is 0 Å². The molecular weight excluding hydrogens is 244 g/mol. The molecule has 19 heavy (non-hydrogen) atoms. The van der Waals surface area contributed by atoms with Crippen LogP contribution in [-0.4, -0.2) is 48.1 Å². The van der Waals surface area contributed by atoms with Gasteiger partial charge in [0.05, 0.1) is 6.61 Å². The van der Waals surface area contributed by atoms with Crippen molar-refractivity contribution in [3.05, 3.63) is 0 Å². The second-order valence-corrected chi connectivity index (χ2v) is 5.50. The smallest absolute Gasteiger partial charge is 0.246 e. The van der Waals surface area contributed by atoms with E-state index in [-0.39, 0.29) is 29.9 Å². The van der Waals surface area contributed by atoms with Crippen LogP contribution in [0.15, 0.2) is 0 Å². The molecule has 0 aromatic carbocycles. The Morgan fingerprint density at radius 1 is 1.37 bits per heavy atom. The van der Waals surface area contributed by atoms with Gasteiger partial charge >= 0.3 is 0 Å². The first-order valence-corrected chi connectivity index (χ1v) is 7.30. The number of hydrogen-bond acceptors (Lipinski definition) is 3. The first kappa shape index (κ1) is 14.3. The van der Waals surface area contributed by atoms with Crippen molar-refractivity contribution in [2.24, 2.45) is 5.92 Å². The Kier molecular flexibility index (Phi) is 4.45. The molecule has 0 saturated carbocycles. The molecule has 2 rings (SSSR count). The lowest BCUT2D eigenvalue weighted by atomic mass is 9.93. The average Bonchev–Trinajstić information content (AvgIpc) is 2.93. The topological polar surface area (TPSA) is 58.6 Å². The first-order chi connectivity index (χ1) is 9.10. The predicted molar refractivity (Wildman–Crippen MR) is 71.5 cm³/mol. The van der Waals surface area contributed by atoms with Crippen LogP contribution in [0.5, 0.6) is 0 Å². The van der Waals surface area contributed by atoms with Gasteiger partial charge in [0.2, 0.25) is 11.8 Å². The van der Waals surface area contributed by atoms with Crippen molar-refractivity contribution in [3.8, 4) is 0 Å². The van der Waals surface area contributed by atoms with Crippen LogP contribution in [-0.2, 0) is 14.3 Å². The third-order valence-electron chi connectivity index (χ3n) is 4.39. The number of nitrogens with one attached hydrogen (secondary N) is 1. The molecule has 2 fully saturated rings. The van der Waals surface area contributed by atoms with E-state index in [2.05, 4.69) is 5.32 Å². The van der Waals surface area contributed by atoms with Crippen LogP contribution < -0.4 is 5.32 Å². The molecule has 5 nitrogen and oxygen atoms in total. The molecule has 0 bridgehead atoms. The Hall–Kier alpha value is -1.10. The van der Waals surface area contributed by atoms with E-state index in [9.17, 15) is 9.59 Å². The summed E-state index contributed by atoms with van der Waals surface area (Å²) in [4.78, 5) is 26.5. The van der Waals surface area contributed by atoms with E-state index < -0.39 is 0 Å². The normalized spacial score (nSPS) is 33.4. The number of rotatable bonds is 4. The van der Waals surface area contributed by atoms with Gasteiger partial charge in [-0.25, -0.2) is 0 Å². The number of carbonyl (C=O) groups is 2. The molecule has 0 radical (unpaired) electrons. The van der Waals surface area contributed by atoms with Crippen LogP contribution in [0.4, 0.5) is 0 Å². The molecule has 0 aliphatic carbocycles. The second-order valence-electron chi connectivity index (χ2n) is 5.50. The quantitative estimate of drug-likeness (QED) is 0.825. The molecule has 0 spiro atoms. The maximum atomic E-state index is 12.5. The van der Waals surface area contributed by atoms with Gasteiger partial charge in [-0.15, -0.1) is 0 Å². The van der Waals surface area contributed by atoms with Crippen LogP contribution in [0, 0.1) is 5.92 Å². The fourth-order valence-electron chi connectivity index (χ4n) is 3.09. The SMILES string of the molecule is CCC1NC(=O)C(CC)N(C(C)C2CCOC2)C1=O. The van der Waals surface area contributed by atoms with E-state index >= 15 is 0 Å². The minimum atomic E-state index is -0.361. The lowest BCUT2D eigenvalue weighted by Gasteiger charge is -2.43. The van der Waals surface area contributed by atoms with Gasteiger partial charge in [-0.1, -0.05) is 13.8 Å². The molecule has 4 unspecified atom stereocenters. The largest absolute Gasteiger partial charge is 0.381 e. The van der Waals surface area contributed by atoms with E-state index in [1.807, 2.05) is 25.7 Å². The lowest BCUT2D eigenvalue weighted by molar-refractivity contribution is -0.153. The van der Waals surface area contributed by atoms with Crippen molar-refractivity contribution >= 4 is 11.8 Å². The Bertz CT molecular complexity index is 353. The molecule has 2 amide bonds. The van der Waals surface area contributed by atoms with Gasteiger partial charge in [-0.3, -0.25) is 9.59 Å². The van der Waals surface area contributed by atoms with Crippen molar-refractivity contribution in [2.75, 3.05) is 13.2 Å². The zero-order chi connectivity index (χ0) is 14.0. The van der Waals surface area contributed by atoms with Gasteiger partial charge in [0.25, 0.3) is 0 Å². The number of piperazine rings is 1. The summed E-state index contributed by atoms with van der Waals surface area (Å²) in [5.74, 6) is 0.398. The maximum absolute atomic E-state index is 12.5. The number of carbonyl (C=O) groups excluding carboxylic acids is 2. The molecule has 108 valence electrons. The summed E-state index contributed by atoms with van der Waals surface area (Å²) in [5, 5.41) is 2.83. The van der Waals surface area contributed by atoms with Crippen molar-refractivity contribution in [1.29, 1.82) is 0 Å². The zero-order valence-electron chi connectivity index (χ0n) is 12.0. The molecule has 0 aromatic heterocycles. The van der Waals surface area contributed by atoms with Crippen molar-refractivity contribution in [1.82, 2.24) is 10.2 Å². The van der Waals surface area contributed by atoms with Crippen LogP contribution >= 0.6 is 0 Å². The van der Waals surface area contributed by atoms with E-state index in [0.717, 1.165) is 13.0 Å². The average molecular weight is 268 g/mol. The summed E-state index contributed by atoms with van der Waals surface area (Å²) < 4.78 is 5.41. The fraction of sp³-hybridized carbons (Fsp3) is 0.857. The minimum absolute atomic E-state index is 0.0142. The van der Waals surface area contributed by atoms with Crippen LogP contribution in [0.2, 0.25) is 0 Å². The van der Waals surface area contributed by atoms with Crippen molar-refractivity contribution in [2.45, 2.75) is 58.2 Å². The zero-order valence-corrected chi connectivity index (χ0v) is 12.0. The maximum Gasteiger partial charge on any atom is 0.246 e. The summed E-state index contributed by atoms with van der Waals surface area (Å²) in [6, 6.07) is -0.619. The van der Waals surface area contributed by atoms with Gasteiger partial charge < -0.3 is 15.0 Å². The van der Waals surface area contributed by atoms with Gasteiger partial charge in [-0.2, -0.15) is 0 Å². The summed E-state index contributed by atoms with van der Waals surface area (Å²) in [6.07, 6.45) is 2.27. The molecule has 0 aromatic rings. The predicted octanol–water partition coefficient (Wildman–Crippen LogP) is 0.927. The minimum Gasteiger partial charge on any atom is -0.381 e. The van der Waals surface area contributed by atoms with Crippen LogP contribution in [0.3, 0.4) is 0 Å². The second kappa shape index (κ2) is 5.90. The molecule has 4 atom stereocenters. The molecule has 2 heterocycles. The number of amides is 2. The van der Waals surface area contributed by atoms with Gasteiger partial charge in [0.1, 0.15) is 12.1 Å². The monoisotopic (exact) mass is 268 g/mol. The molecule has 1 N–H and O–H groups in total. The van der Waals surface area contributed by atoms with Gasteiger partial charge in [0, 0.05) is 18.6 Å². The highest BCUT2D eigenvalue weighted by atomic mass is 16.5. The Morgan fingerprint density at radius 2 is 2.11 bits per heavy atom. The van der Waals surface area contributed by atoms with Gasteiger partial charge in [-0.05, 0) is 26.2 Å². The summed E-state index contributed by atoms with van der Waals surface area (Å²) in [5.41, 5.74) is 0. The molecular formula is C14H24N2O3. The summed E-state index contributed by atoms with van der Waals surface area (Å²) in [7, 11) is 0. The fourth-order valence-corrected chi connectivity index (χ4v) is 3.09. The molecule has 2 saturated heterocycles. The van der Waals surface area contributed by atoms with E-state index in [0.29, 0.717) is 25.4 Å². The molecule has 2 aliphatic rings. The number of ether oxygens (including phenoxy) is 1. The van der Waals surface area contributed by atoms with Crippen LogP contribution in [0.25, 0.3) is 0 Å². The highest BCUT2D eigenvalue weighted by molar-refractivity contribution is 5.97. The number of hydrogen-bond donors (Lipinski definition) is 1. The lowest BCUT2D eigenvalue weighted by Crippen LogP contribution is -2.66. The highest BCUT2D eigenvalue weighted by Crippen LogP contribution is 2.26. The summed E-state index contributed by atoms with van der Waals surface area (Å²) >= 11 is 0. The van der Waals surface area contributed by atoms with Crippen molar-refractivity contribution < 1.29 is 14.3 Å². The third-order valence-corrected chi connectivity index (χ3v) is 4.39. The number of nitrogens with zero attached hydrogens (tertiary/aromatic N) is 1. The Labute approximate surface area is 114 Å². The van der Waals surface area contributed by atoms with E-state index in [1.54, 1.807) is 0 Å². The van der Waals surface area contributed by atoms with Gasteiger partial charge in [0.15, 0.2) is 0 Å². The molecule has 2 aliphatic heterocycles. The summed E-state index contributed by atoms with van der Waals surface area (Å²) in [6.45, 7) is 7.38. The standard InChI is InChI=1S/C14H24N2O3/c1-4-11-14(18)16(12(5-2)13(17)15-11)9(3)10-6-7-19-8-10/h9-12H,4-8H2,1-3H3,(H,15,17). The first-order valence-electron chi connectivity index (χ1n) is 7.30. The van der Waals surface area contributed by atoms with E-state index in [4.69, 9.17) is 4.74 Å². The Morgan fingerprint density at radius 3 is 2.63 bits per heavy atom. The Balaban J connectivity index is 2.20.